The minimum absolute atomic E-state index is 0.0161. The van der Waals surface area contributed by atoms with Crippen LogP contribution in [0.3, 0.4) is 0 Å². The van der Waals surface area contributed by atoms with Gasteiger partial charge in [-0.3, -0.25) is 4.79 Å². The van der Waals surface area contributed by atoms with Gasteiger partial charge in [0, 0.05) is 28.5 Å². The van der Waals surface area contributed by atoms with Gasteiger partial charge in [-0.1, -0.05) is 6.07 Å². The first-order valence-corrected chi connectivity index (χ1v) is 10.8. The maximum absolute atomic E-state index is 12.6. The van der Waals surface area contributed by atoms with Crippen LogP contribution in [0.15, 0.2) is 46.7 Å². The Morgan fingerprint density at radius 1 is 1.27 bits per heavy atom. The van der Waals surface area contributed by atoms with E-state index in [4.69, 9.17) is 0 Å². The number of carbonyl (C=O) groups is 2. The predicted octanol–water partition coefficient (Wildman–Crippen LogP) is 4.03. The lowest BCUT2D eigenvalue weighted by Crippen LogP contribution is -2.47. The van der Waals surface area contributed by atoms with E-state index in [-0.39, 0.29) is 17.9 Å². The van der Waals surface area contributed by atoms with Gasteiger partial charge in [-0.2, -0.15) is 0 Å². The second kappa shape index (κ2) is 9.09. The fraction of sp³-hybridized carbons (Fsp3) is 0.368. The van der Waals surface area contributed by atoms with Gasteiger partial charge >= 0.3 is 6.03 Å². The summed E-state index contributed by atoms with van der Waals surface area (Å²) in [6, 6.07) is 11.7. The van der Waals surface area contributed by atoms with E-state index in [1.807, 2.05) is 48.0 Å². The molecule has 0 spiro atoms. The van der Waals surface area contributed by atoms with Crippen LogP contribution in [0.2, 0.25) is 0 Å². The zero-order chi connectivity index (χ0) is 18.4. The predicted molar refractivity (Wildman–Crippen MR) is 108 cm³/mol. The lowest BCUT2D eigenvalue weighted by Gasteiger charge is -2.32. The molecule has 138 valence electrons. The minimum atomic E-state index is -0.170. The van der Waals surface area contributed by atoms with Crippen LogP contribution < -0.4 is 10.6 Å². The number of amides is 3. The van der Waals surface area contributed by atoms with Crippen LogP contribution in [-0.4, -0.2) is 36.2 Å². The standard InChI is InChI=1S/C19H23N3O2S2/c1-25-16-8-6-15(7-9-16)21-18(23)14-4-2-10-22(13-14)19(24)20-12-17-5-3-11-26-17/h3,5-9,11,14H,2,4,10,12-13H2,1H3,(H,20,24)(H,21,23). The SMILES string of the molecule is CSc1ccc(NC(=O)C2CCCN(C(=O)NCc3cccs3)C2)cc1. The second-order valence-electron chi connectivity index (χ2n) is 6.24. The molecule has 26 heavy (non-hydrogen) atoms. The molecule has 1 aliphatic heterocycles. The number of piperidine rings is 1. The van der Waals surface area contributed by atoms with E-state index in [2.05, 4.69) is 10.6 Å². The Morgan fingerprint density at radius 3 is 2.77 bits per heavy atom. The van der Waals surface area contributed by atoms with Crippen molar-refractivity contribution < 1.29 is 9.59 Å². The monoisotopic (exact) mass is 389 g/mol. The molecular formula is C19H23N3O2S2. The Balaban J connectivity index is 1.51. The first-order chi connectivity index (χ1) is 12.7. The average Bonchev–Trinajstić information content (AvgIpc) is 3.20. The summed E-state index contributed by atoms with van der Waals surface area (Å²) in [6.45, 7) is 1.69. The molecule has 0 radical (unpaired) electrons. The van der Waals surface area contributed by atoms with E-state index >= 15 is 0 Å². The number of nitrogens with one attached hydrogen (secondary N) is 2. The highest BCUT2D eigenvalue weighted by Crippen LogP contribution is 2.21. The summed E-state index contributed by atoms with van der Waals surface area (Å²) in [4.78, 5) is 29.0. The zero-order valence-corrected chi connectivity index (χ0v) is 16.4. The van der Waals surface area contributed by atoms with Crippen LogP contribution in [0, 0.1) is 5.92 Å². The highest BCUT2D eigenvalue weighted by Gasteiger charge is 2.28. The molecule has 0 aliphatic carbocycles. The number of thiophene rings is 1. The number of hydrogen-bond donors (Lipinski definition) is 2. The van der Waals surface area contributed by atoms with Crippen molar-refractivity contribution in [3.63, 3.8) is 0 Å². The molecule has 3 rings (SSSR count). The van der Waals surface area contributed by atoms with Crippen molar-refractivity contribution in [1.82, 2.24) is 10.2 Å². The number of urea groups is 1. The quantitative estimate of drug-likeness (QED) is 0.759. The van der Waals surface area contributed by atoms with Crippen LogP contribution in [0.1, 0.15) is 17.7 Å². The largest absolute Gasteiger partial charge is 0.333 e. The van der Waals surface area contributed by atoms with Crippen molar-refractivity contribution in [3.8, 4) is 0 Å². The Labute approximate surface area is 162 Å². The molecule has 3 amide bonds. The van der Waals surface area contributed by atoms with Crippen molar-refractivity contribution in [2.24, 2.45) is 5.92 Å². The maximum Gasteiger partial charge on any atom is 0.317 e. The van der Waals surface area contributed by atoms with Crippen LogP contribution in [0.4, 0.5) is 10.5 Å². The summed E-state index contributed by atoms with van der Waals surface area (Å²) in [7, 11) is 0. The molecule has 1 aliphatic rings. The number of likely N-dealkylation sites (tertiary alicyclic amines) is 1. The number of hydrogen-bond acceptors (Lipinski definition) is 4. The minimum Gasteiger partial charge on any atom is -0.333 e. The molecule has 5 nitrogen and oxygen atoms in total. The van der Waals surface area contributed by atoms with Gasteiger partial charge < -0.3 is 15.5 Å². The van der Waals surface area contributed by atoms with E-state index in [1.165, 1.54) is 0 Å². The molecule has 1 unspecified atom stereocenters. The Morgan fingerprint density at radius 2 is 2.08 bits per heavy atom. The first-order valence-electron chi connectivity index (χ1n) is 8.66. The van der Waals surface area contributed by atoms with Gasteiger partial charge in [0.1, 0.15) is 0 Å². The second-order valence-corrected chi connectivity index (χ2v) is 8.15. The first kappa shape index (κ1) is 18.8. The van der Waals surface area contributed by atoms with E-state index in [0.717, 1.165) is 28.3 Å². The molecule has 0 saturated carbocycles. The third kappa shape index (κ3) is 5.02. The number of thioether (sulfide) groups is 1. The van der Waals surface area contributed by atoms with Gasteiger partial charge in [0.2, 0.25) is 5.91 Å². The van der Waals surface area contributed by atoms with Gasteiger partial charge in [0.25, 0.3) is 0 Å². The van der Waals surface area contributed by atoms with Crippen LogP contribution in [-0.2, 0) is 11.3 Å². The number of carbonyl (C=O) groups excluding carboxylic acids is 2. The molecule has 1 fully saturated rings. The molecular weight excluding hydrogens is 366 g/mol. The molecule has 2 aromatic rings. The number of anilines is 1. The highest BCUT2D eigenvalue weighted by atomic mass is 32.2. The Hall–Kier alpha value is -1.99. The molecule has 1 saturated heterocycles. The summed E-state index contributed by atoms with van der Waals surface area (Å²) >= 11 is 3.29. The molecule has 1 aromatic carbocycles. The normalized spacial score (nSPS) is 17.0. The van der Waals surface area contributed by atoms with E-state index < -0.39 is 0 Å². The van der Waals surface area contributed by atoms with Gasteiger partial charge in [-0.25, -0.2) is 4.79 Å². The van der Waals surface area contributed by atoms with Gasteiger partial charge in [-0.15, -0.1) is 23.1 Å². The van der Waals surface area contributed by atoms with Crippen LogP contribution >= 0.6 is 23.1 Å². The molecule has 1 aromatic heterocycles. The molecule has 7 heteroatoms. The fourth-order valence-corrected chi connectivity index (χ4v) is 4.03. The van der Waals surface area contributed by atoms with Crippen molar-refractivity contribution in [2.45, 2.75) is 24.3 Å². The fourth-order valence-electron chi connectivity index (χ4n) is 2.98. The van der Waals surface area contributed by atoms with E-state index in [1.54, 1.807) is 28.0 Å². The molecule has 0 bridgehead atoms. The summed E-state index contributed by atoms with van der Waals surface area (Å²) in [5.41, 5.74) is 0.798. The smallest absolute Gasteiger partial charge is 0.317 e. The number of benzene rings is 1. The van der Waals surface area contributed by atoms with Crippen molar-refractivity contribution >= 4 is 40.7 Å². The van der Waals surface area contributed by atoms with Crippen molar-refractivity contribution in [2.75, 3.05) is 24.7 Å². The summed E-state index contributed by atoms with van der Waals surface area (Å²) < 4.78 is 0. The Kier molecular flexibility index (Phi) is 6.57. The molecule has 2 N–H and O–H groups in total. The lowest BCUT2D eigenvalue weighted by atomic mass is 9.97. The van der Waals surface area contributed by atoms with Gasteiger partial charge in [-0.05, 0) is 54.8 Å². The van der Waals surface area contributed by atoms with Crippen LogP contribution in [0.25, 0.3) is 0 Å². The topological polar surface area (TPSA) is 61.4 Å². The van der Waals surface area contributed by atoms with Gasteiger partial charge in [0.05, 0.1) is 12.5 Å². The zero-order valence-electron chi connectivity index (χ0n) is 14.7. The third-order valence-corrected chi connectivity index (χ3v) is 6.05. The summed E-state index contributed by atoms with van der Waals surface area (Å²) in [5.74, 6) is -0.186. The Bertz CT molecular complexity index is 732. The van der Waals surface area contributed by atoms with Crippen LogP contribution in [0.5, 0.6) is 0 Å². The third-order valence-electron chi connectivity index (χ3n) is 4.43. The van der Waals surface area contributed by atoms with Crippen molar-refractivity contribution in [3.05, 3.63) is 46.7 Å². The lowest BCUT2D eigenvalue weighted by molar-refractivity contribution is -0.121. The number of nitrogens with zero attached hydrogens (tertiary/aromatic N) is 1. The summed E-state index contributed by atoms with van der Waals surface area (Å²) in [5, 5.41) is 7.91. The maximum atomic E-state index is 12.6. The van der Waals surface area contributed by atoms with E-state index in [0.29, 0.717) is 19.6 Å². The highest BCUT2D eigenvalue weighted by molar-refractivity contribution is 7.98. The van der Waals surface area contributed by atoms with Gasteiger partial charge in [0.15, 0.2) is 0 Å². The molecule has 1 atom stereocenters. The average molecular weight is 390 g/mol. The van der Waals surface area contributed by atoms with Crippen molar-refractivity contribution in [1.29, 1.82) is 0 Å². The van der Waals surface area contributed by atoms with E-state index in [9.17, 15) is 9.59 Å². The summed E-state index contributed by atoms with van der Waals surface area (Å²) in [6.07, 6.45) is 3.67. The molecule has 2 heterocycles. The number of rotatable bonds is 5.